The number of carbonyl (C=O) groups excluding carboxylic acids is 1. The van der Waals surface area contributed by atoms with Crippen molar-refractivity contribution < 1.29 is 4.79 Å². The van der Waals surface area contributed by atoms with Gasteiger partial charge in [-0.1, -0.05) is 0 Å². The van der Waals surface area contributed by atoms with Crippen molar-refractivity contribution in [2.45, 2.75) is 19.8 Å². The summed E-state index contributed by atoms with van der Waals surface area (Å²) in [6.45, 7) is 1.93. The van der Waals surface area contributed by atoms with Crippen molar-refractivity contribution in [3.8, 4) is 0 Å². The van der Waals surface area contributed by atoms with E-state index in [2.05, 4.69) is 15.7 Å². The summed E-state index contributed by atoms with van der Waals surface area (Å²) in [4.78, 5) is 11.5. The maximum atomic E-state index is 11.5. The number of amides is 1. The summed E-state index contributed by atoms with van der Waals surface area (Å²) in [6.07, 6.45) is 3.14. The van der Waals surface area contributed by atoms with E-state index >= 15 is 0 Å². The first-order valence-corrected chi connectivity index (χ1v) is 6.52. The average Bonchev–Trinajstić information content (AvgIpc) is 2.69. The molecule has 0 saturated carbocycles. The smallest absolute Gasteiger partial charge is 0.224 e. The predicted octanol–water partition coefficient (Wildman–Crippen LogP) is 1.94. The number of nitrogens with two attached hydrogens (primary N) is 1. The molecule has 0 fully saturated rings. The van der Waals surface area contributed by atoms with E-state index in [1.54, 1.807) is 4.68 Å². The number of benzene rings is 1. The summed E-state index contributed by atoms with van der Waals surface area (Å²) < 4.78 is 1.74. The number of aromatic nitrogens is 2. The summed E-state index contributed by atoms with van der Waals surface area (Å²) >= 11 is 0. The number of aryl methyl sites for hydroxylation is 3. The molecule has 1 aromatic heterocycles. The Bertz CT molecular complexity index is 689. The normalized spacial score (nSPS) is 13.8. The van der Waals surface area contributed by atoms with Crippen LogP contribution in [0, 0.1) is 6.92 Å². The number of hydrogen-bond donors (Lipinski definition) is 3. The van der Waals surface area contributed by atoms with Crippen LogP contribution in [-0.4, -0.2) is 15.7 Å². The Balaban J connectivity index is 1.96. The minimum Gasteiger partial charge on any atom is -0.397 e. The molecule has 6 nitrogen and oxygen atoms in total. The minimum absolute atomic E-state index is 0.0470. The summed E-state index contributed by atoms with van der Waals surface area (Å²) in [7, 11) is 1.87. The second-order valence-corrected chi connectivity index (χ2v) is 5.07. The Hall–Kier alpha value is -2.50. The van der Waals surface area contributed by atoms with Gasteiger partial charge in [-0.2, -0.15) is 5.10 Å². The van der Waals surface area contributed by atoms with Crippen LogP contribution in [0.5, 0.6) is 0 Å². The highest BCUT2D eigenvalue weighted by molar-refractivity contribution is 5.96. The van der Waals surface area contributed by atoms with Crippen LogP contribution in [0.4, 0.5) is 22.7 Å². The van der Waals surface area contributed by atoms with Gasteiger partial charge in [0, 0.05) is 25.4 Å². The fourth-order valence-corrected chi connectivity index (χ4v) is 2.42. The van der Waals surface area contributed by atoms with E-state index in [9.17, 15) is 4.79 Å². The molecular weight excluding hydrogens is 254 g/mol. The minimum atomic E-state index is 0.0470. The number of nitrogens with one attached hydrogen (secondary N) is 2. The van der Waals surface area contributed by atoms with Crippen LogP contribution in [0.3, 0.4) is 0 Å². The van der Waals surface area contributed by atoms with Gasteiger partial charge in [-0.15, -0.1) is 0 Å². The van der Waals surface area contributed by atoms with E-state index in [1.165, 1.54) is 0 Å². The Labute approximate surface area is 117 Å². The van der Waals surface area contributed by atoms with Crippen LogP contribution in [0.2, 0.25) is 0 Å². The molecule has 0 atom stereocenters. The highest BCUT2D eigenvalue weighted by Gasteiger charge is 2.17. The summed E-state index contributed by atoms with van der Waals surface area (Å²) in [5.41, 5.74) is 11.2. The lowest BCUT2D eigenvalue weighted by molar-refractivity contribution is -0.116. The van der Waals surface area contributed by atoms with Gasteiger partial charge in [-0.05, 0) is 31.0 Å². The Morgan fingerprint density at radius 3 is 2.85 bits per heavy atom. The Morgan fingerprint density at radius 1 is 1.35 bits per heavy atom. The first kappa shape index (κ1) is 12.5. The fourth-order valence-electron chi connectivity index (χ4n) is 2.42. The average molecular weight is 271 g/mol. The van der Waals surface area contributed by atoms with Gasteiger partial charge in [-0.25, -0.2) is 0 Å². The molecule has 0 spiro atoms. The van der Waals surface area contributed by atoms with Gasteiger partial charge in [0.05, 0.1) is 22.8 Å². The molecule has 0 saturated heterocycles. The standard InChI is InChI=1S/C14H17N5O/c1-8-13(7-19(2)18-8)16-12-6-11-9(5-10(12)15)3-4-14(20)17-11/h5-7,16H,3-4,15H2,1-2H3,(H,17,20). The maximum Gasteiger partial charge on any atom is 0.224 e. The van der Waals surface area contributed by atoms with Gasteiger partial charge in [0.25, 0.3) is 0 Å². The fraction of sp³-hybridized carbons (Fsp3) is 0.286. The van der Waals surface area contributed by atoms with Gasteiger partial charge in [0.15, 0.2) is 0 Å². The molecule has 1 aromatic carbocycles. The molecule has 1 aliphatic rings. The molecule has 20 heavy (non-hydrogen) atoms. The lowest BCUT2D eigenvalue weighted by atomic mass is 10.0. The van der Waals surface area contributed by atoms with Crippen LogP contribution in [-0.2, 0) is 18.3 Å². The van der Waals surface area contributed by atoms with Crippen molar-refractivity contribution in [1.82, 2.24) is 9.78 Å². The zero-order valence-corrected chi connectivity index (χ0v) is 11.5. The van der Waals surface area contributed by atoms with E-state index in [1.807, 2.05) is 32.3 Å². The molecule has 0 radical (unpaired) electrons. The van der Waals surface area contributed by atoms with Crippen molar-refractivity contribution in [3.05, 3.63) is 29.6 Å². The highest BCUT2D eigenvalue weighted by atomic mass is 16.1. The monoisotopic (exact) mass is 271 g/mol. The molecular formula is C14H17N5O. The molecule has 6 heteroatoms. The molecule has 2 aromatic rings. The third-order valence-corrected chi connectivity index (χ3v) is 3.45. The van der Waals surface area contributed by atoms with Gasteiger partial charge < -0.3 is 16.4 Å². The first-order chi connectivity index (χ1) is 9.52. The predicted molar refractivity (Wildman–Crippen MR) is 79.0 cm³/mol. The molecule has 3 rings (SSSR count). The molecule has 1 aliphatic heterocycles. The van der Waals surface area contributed by atoms with E-state index < -0.39 is 0 Å². The topological polar surface area (TPSA) is 85.0 Å². The van der Waals surface area contributed by atoms with Gasteiger partial charge in [0.1, 0.15) is 0 Å². The third-order valence-electron chi connectivity index (χ3n) is 3.45. The van der Waals surface area contributed by atoms with Crippen molar-refractivity contribution in [2.75, 3.05) is 16.4 Å². The number of nitrogens with zero attached hydrogens (tertiary/aromatic N) is 2. The molecule has 0 aliphatic carbocycles. The lowest BCUT2D eigenvalue weighted by Crippen LogP contribution is -2.19. The van der Waals surface area contributed by atoms with Gasteiger partial charge in [-0.3, -0.25) is 9.48 Å². The number of carbonyl (C=O) groups is 1. The van der Waals surface area contributed by atoms with Crippen molar-refractivity contribution in [3.63, 3.8) is 0 Å². The van der Waals surface area contributed by atoms with Gasteiger partial charge in [0.2, 0.25) is 5.91 Å². The van der Waals surface area contributed by atoms with Crippen molar-refractivity contribution in [2.24, 2.45) is 7.05 Å². The van der Waals surface area contributed by atoms with Crippen molar-refractivity contribution in [1.29, 1.82) is 0 Å². The Morgan fingerprint density at radius 2 is 2.15 bits per heavy atom. The third kappa shape index (κ3) is 2.20. The van der Waals surface area contributed by atoms with Crippen LogP contribution >= 0.6 is 0 Å². The lowest BCUT2D eigenvalue weighted by Gasteiger charge is -2.19. The molecule has 0 unspecified atom stereocenters. The summed E-state index contributed by atoms with van der Waals surface area (Å²) in [6, 6.07) is 3.80. The number of fused-ring (bicyclic) bond motifs is 1. The molecule has 1 amide bonds. The Kier molecular flexibility index (Phi) is 2.85. The van der Waals surface area contributed by atoms with Crippen LogP contribution < -0.4 is 16.4 Å². The zero-order chi connectivity index (χ0) is 14.3. The highest BCUT2D eigenvalue weighted by Crippen LogP contribution is 2.33. The number of hydrogen-bond acceptors (Lipinski definition) is 4. The number of nitrogen functional groups attached to an aromatic ring is 1. The first-order valence-electron chi connectivity index (χ1n) is 6.52. The van der Waals surface area contributed by atoms with Crippen LogP contribution in [0.25, 0.3) is 0 Å². The molecule has 2 heterocycles. The molecule has 104 valence electrons. The molecule has 0 bridgehead atoms. The van der Waals surface area contributed by atoms with Crippen LogP contribution in [0.1, 0.15) is 17.7 Å². The second kappa shape index (κ2) is 4.56. The van der Waals surface area contributed by atoms with Crippen molar-refractivity contribution >= 4 is 28.7 Å². The number of anilines is 4. The maximum absolute atomic E-state index is 11.5. The summed E-state index contributed by atoms with van der Waals surface area (Å²) in [5.74, 6) is 0.0470. The zero-order valence-electron chi connectivity index (χ0n) is 11.5. The van der Waals surface area contributed by atoms with E-state index in [0.29, 0.717) is 12.1 Å². The SMILES string of the molecule is Cc1nn(C)cc1Nc1cc2c(cc1N)CCC(=O)N2. The summed E-state index contributed by atoms with van der Waals surface area (Å²) in [5, 5.41) is 10.4. The molecule has 4 N–H and O–H groups in total. The second-order valence-electron chi connectivity index (χ2n) is 5.07. The number of rotatable bonds is 2. The van der Waals surface area contributed by atoms with Crippen LogP contribution in [0.15, 0.2) is 18.3 Å². The largest absolute Gasteiger partial charge is 0.397 e. The quantitative estimate of drug-likeness (QED) is 0.729. The van der Waals surface area contributed by atoms with E-state index in [4.69, 9.17) is 5.73 Å². The van der Waals surface area contributed by atoms with E-state index in [-0.39, 0.29) is 5.91 Å². The van der Waals surface area contributed by atoms with E-state index in [0.717, 1.165) is 34.7 Å². The van der Waals surface area contributed by atoms with Gasteiger partial charge >= 0.3 is 0 Å².